The number of imidazole rings is 1. The van der Waals surface area contributed by atoms with Crippen molar-refractivity contribution in [1.29, 1.82) is 0 Å². The summed E-state index contributed by atoms with van der Waals surface area (Å²) < 4.78 is 19.2. The van der Waals surface area contributed by atoms with Gasteiger partial charge < -0.3 is 23.7 Å². The van der Waals surface area contributed by atoms with Crippen LogP contribution in [0.4, 0.5) is 0 Å². The molecule has 198 valence electrons. The van der Waals surface area contributed by atoms with Gasteiger partial charge in [-0.25, -0.2) is 4.98 Å². The highest BCUT2D eigenvalue weighted by Gasteiger charge is 2.34. The molecular weight excluding hydrogens is 478 g/mol. The van der Waals surface area contributed by atoms with E-state index in [1.165, 1.54) is 0 Å². The molecule has 7 heteroatoms. The Bertz CT molecular complexity index is 1370. The SMILES string of the molecule is CCOc1ccccc1OCCCCn1c(C2CC(=O)N(Cc3ccc(OC)cc3)C2)nc2ccccc21. The summed E-state index contributed by atoms with van der Waals surface area (Å²) in [5.74, 6) is 3.62. The highest BCUT2D eigenvalue weighted by Crippen LogP contribution is 2.32. The van der Waals surface area contributed by atoms with Gasteiger partial charge in [-0.1, -0.05) is 36.4 Å². The van der Waals surface area contributed by atoms with Crippen molar-refractivity contribution in [2.24, 2.45) is 0 Å². The van der Waals surface area contributed by atoms with Gasteiger partial charge in [-0.2, -0.15) is 0 Å². The first-order chi connectivity index (χ1) is 18.7. The highest BCUT2D eigenvalue weighted by molar-refractivity contribution is 5.81. The predicted molar refractivity (Wildman–Crippen MR) is 148 cm³/mol. The van der Waals surface area contributed by atoms with E-state index >= 15 is 0 Å². The first-order valence-corrected chi connectivity index (χ1v) is 13.4. The Kier molecular flexibility index (Phi) is 8.12. The third-order valence-corrected chi connectivity index (χ3v) is 6.98. The molecule has 0 saturated carbocycles. The maximum absolute atomic E-state index is 13.0. The number of methoxy groups -OCH3 is 1. The van der Waals surface area contributed by atoms with Crippen LogP contribution in [0.5, 0.6) is 17.2 Å². The molecule has 0 radical (unpaired) electrons. The van der Waals surface area contributed by atoms with Crippen LogP contribution >= 0.6 is 0 Å². The minimum atomic E-state index is 0.0717. The lowest BCUT2D eigenvalue weighted by Crippen LogP contribution is -2.24. The van der Waals surface area contributed by atoms with Crippen molar-refractivity contribution in [3.63, 3.8) is 0 Å². The zero-order chi connectivity index (χ0) is 26.3. The monoisotopic (exact) mass is 513 g/mol. The molecule has 1 atom stereocenters. The fourth-order valence-corrected chi connectivity index (χ4v) is 5.09. The molecule has 4 aromatic rings. The maximum Gasteiger partial charge on any atom is 0.223 e. The van der Waals surface area contributed by atoms with Crippen molar-refractivity contribution >= 4 is 16.9 Å². The van der Waals surface area contributed by atoms with Crippen molar-refractivity contribution < 1.29 is 19.0 Å². The second-order valence-corrected chi connectivity index (χ2v) is 9.57. The van der Waals surface area contributed by atoms with Gasteiger partial charge in [0.2, 0.25) is 5.91 Å². The molecule has 2 heterocycles. The molecule has 1 unspecified atom stereocenters. The van der Waals surface area contributed by atoms with Crippen molar-refractivity contribution in [3.8, 4) is 17.2 Å². The Morgan fingerprint density at radius 1 is 0.921 bits per heavy atom. The third kappa shape index (κ3) is 5.77. The average molecular weight is 514 g/mol. The predicted octanol–water partition coefficient (Wildman–Crippen LogP) is 5.82. The number of unbranched alkanes of at least 4 members (excludes halogenated alkanes) is 1. The summed E-state index contributed by atoms with van der Waals surface area (Å²) in [6.07, 6.45) is 2.33. The molecule has 3 aromatic carbocycles. The van der Waals surface area contributed by atoms with Crippen LogP contribution in [-0.4, -0.2) is 47.2 Å². The Morgan fingerprint density at radius 2 is 1.66 bits per heavy atom. The standard InChI is InChI=1S/C31H35N3O4/c1-3-37-28-12-6-7-13-29(28)38-19-9-8-18-34-27-11-5-4-10-26(27)32-31(34)24-20-30(35)33(22-24)21-23-14-16-25(36-2)17-15-23/h4-7,10-17,24H,3,8-9,18-22H2,1-2H3. The molecule has 1 amide bonds. The maximum atomic E-state index is 13.0. The van der Waals surface area contributed by atoms with Crippen LogP contribution in [-0.2, 0) is 17.9 Å². The van der Waals surface area contributed by atoms with Crippen molar-refractivity contribution in [1.82, 2.24) is 14.5 Å². The van der Waals surface area contributed by atoms with Gasteiger partial charge in [-0.3, -0.25) is 4.79 Å². The number of amides is 1. The third-order valence-electron chi connectivity index (χ3n) is 6.98. The van der Waals surface area contributed by atoms with Crippen LogP contribution in [0.25, 0.3) is 11.0 Å². The smallest absolute Gasteiger partial charge is 0.223 e. The lowest BCUT2D eigenvalue weighted by molar-refractivity contribution is -0.128. The van der Waals surface area contributed by atoms with Gasteiger partial charge >= 0.3 is 0 Å². The summed E-state index contributed by atoms with van der Waals surface area (Å²) in [6, 6.07) is 23.9. The van der Waals surface area contributed by atoms with E-state index in [0.717, 1.165) is 59.1 Å². The number of hydrogen-bond acceptors (Lipinski definition) is 5. The number of ether oxygens (including phenoxy) is 3. The summed E-state index contributed by atoms with van der Waals surface area (Å²) in [6.45, 7) is 5.29. The Morgan fingerprint density at radius 3 is 2.42 bits per heavy atom. The minimum Gasteiger partial charge on any atom is -0.497 e. The van der Waals surface area contributed by atoms with Crippen LogP contribution in [0, 0.1) is 0 Å². The molecule has 0 N–H and O–H groups in total. The van der Waals surface area contributed by atoms with Crippen LogP contribution in [0.15, 0.2) is 72.8 Å². The lowest BCUT2D eigenvalue weighted by Gasteiger charge is -2.18. The number of hydrogen-bond donors (Lipinski definition) is 0. The molecule has 1 saturated heterocycles. The van der Waals surface area contributed by atoms with Gasteiger partial charge in [0.25, 0.3) is 0 Å². The molecule has 38 heavy (non-hydrogen) atoms. The van der Waals surface area contributed by atoms with Crippen molar-refractivity contribution in [2.75, 3.05) is 26.9 Å². The lowest BCUT2D eigenvalue weighted by atomic mass is 10.1. The molecular formula is C31H35N3O4. The molecule has 1 aliphatic heterocycles. The summed E-state index contributed by atoms with van der Waals surface area (Å²) in [5, 5.41) is 0. The summed E-state index contributed by atoms with van der Waals surface area (Å²) in [5.41, 5.74) is 3.19. The number of nitrogens with zero attached hydrogens (tertiary/aromatic N) is 3. The largest absolute Gasteiger partial charge is 0.497 e. The molecule has 1 fully saturated rings. The van der Waals surface area contributed by atoms with Crippen molar-refractivity contribution in [2.45, 2.75) is 45.2 Å². The first kappa shape index (κ1) is 25.6. The number of rotatable bonds is 12. The van der Waals surface area contributed by atoms with E-state index in [4.69, 9.17) is 19.2 Å². The summed E-state index contributed by atoms with van der Waals surface area (Å²) in [7, 11) is 1.66. The fourth-order valence-electron chi connectivity index (χ4n) is 5.09. The van der Waals surface area contributed by atoms with E-state index in [1.54, 1.807) is 7.11 Å². The van der Waals surface area contributed by atoms with E-state index in [0.29, 0.717) is 32.7 Å². The Hall–Kier alpha value is -4.00. The van der Waals surface area contributed by atoms with Crippen LogP contribution < -0.4 is 14.2 Å². The number of likely N-dealkylation sites (tertiary alicyclic amines) is 1. The van der Waals surface area contributed by atoms with Gasteiger partial charge in [0.15, 0.2) is 11.5 Å². The van der Waals surface area contributed by atoms with Gasteiger partial charge in [-0.15, -0.1) is 0 Å². The molecule has 5 rings (SSSR count). The van der Waals surface area contributed by atoms with Crippen LogP contribution in [0.2, 0.25) is 0 Å². The summed E-state index contributed by atoms with van der Waals surface area (Å²) in [4.78, 5) is 19.9. The average Bonchev–Trinajstić information content (AvgIpc) is 3.50. The second kappa shape index (κ2) is 12.0. The number of fused-ring (bicyclic) bond motifs is 1. The van der Waals surface area contributed by atoms with E-state index in [1.807, 2.05) is 72.5 Å². The van der Waals surface area contributed by atoms with Crippen LogP contribution in [0.1, 0.15) is 43.5 Å². The molecule has 1 aromatic heterocycles. The molecule has 1 aliphatic rings. The number of carbonyl (C=O) groups excluding carboxylic acids is 1. The van der Waals surface area contributed by atoms with E-state index in [-0.39, 0.29) is 11.8 Å². The van der Waals surface area contributed by atoms with Gasteiger partial charge in [-0.05, 0) is 61.7 Å². The number of benzene rings is 3. The minimum absolute atomic E-state index is 0.0717. The molecule has 0 aliphatic carbocycles. The van der Waals surface area contributed by atoms with E-state index in [2.05, 4.69) is 16.7 Å². The quantitative estimate of drug-likeness (QED) is 0.223. The van der Waals surface area contributed by atoms with Gasteiger partial charge in [0.1, 0.15) is 11.6 Å². The Balaban J connectivity index is 1.24. The zero-order valence-electron chi connectivity index (χ0n) is 22.1. The number of aromatic nitrogens is 2. The molecule has 0 spiro atoms. The fraction of sp³-hybridized carbons (Fsp3) is 0.355. The zero-order valence-corrected chi connectivity index (χ0v) is 22.1. The normalized spacial score (nSPS) is 15.3. The van der Waals surface area contributed by atoms with E-state index < -0.39 is 0 Å². The molecule has 0 bridgehead atoms. The number of aryl methyl sites for hydroxylation is 1. The molecule has 7 nitrogen and oxygen atoms in total. The van der Waals surface area contributed by atoms with E-state index in [9.17, 15) is 4.79 Å². The van der Waals surface area contributed by atoms with Gasteiger partial charge in [0.05, 0.1) is 31.4 Å². The highest BCUT2D eigenvalue weighted by atomic mass is 16.5. The topological polar surface area (TPSA) is 65.8 Å². The summed E-state index contributed by atoms with van der Waals surface area (Å²) >= 11 is 0. The van der Waals surface area contributed by atoms with Crippen molar-refractivity contribution in [3.05, 3.63) is 84.2 Å². The Labute approximate surface area is 224 Å². The number of para-hydroxylation sites is 4. The van der Waals surface area contributed by atoms with Crippen LogP contribution in [0.3, 0.4) is 0 Å². The number of carbonyl (C=O) groups is 1. The first-order valence-electron chi connectivity index (χ1n) is 13.4. The van der Waals surface area contributed by atoms with Gasteiger partial charge in [0, 0.05) is 32.0 Å². The second-order valence-electron chi connectivity index (χ2n) is 9.57.